The van der Waals surface area contributed by atoms with Crippen molar-refractivity contribution >= 4 is 34.1 Å². The van der Waals surface area contributed by atoms with Gasteiger partial charge in [0.15, 0.2) is 11.0 Å². The number of rotatable bonds is 7. The maximum absolute atomic E-state index is 12.7. The molecule has 12 heteroatoms. The zero-order valence-electron chi connectivity index (χ0n) is 12.8. The predicted octanol–water partition coefficient (Wildman–Crippen LogP) is 2.07. The Morgan fingerprint density at radius 3 is 2.32 bits per heavy atom. The number of halogens is 3. The SMILES string of the molecule is COc1nc(OC)nc(C(=O)c2cccc(Cl)c2NS(=O)C(F)F)n1. The van der Waals surface area contributed by atoms with E-state index in [1.54, 1.807) is 0 Å². The second-order valence-corrected chi connectivity index (χ2v) is 5.85. The third kappa shape index (κ3) is 4.37. The number of anilines is 1. The second-order valence-electron chi connectivity index (χ2n) is 4.28. The number of alkyl halides is 2. The van der Waals surface area contributed by atoms with Crippen molar-refractivity contribution in [1.29, 1.82) is 0 Å². The first-order valence-electron chi connectivity index (χ1n) is 6.50. The van der Waals surface area contributed by atoms with Crippen LogP contribution in [-0.4, -0.2) is 44.9 Å². The fraction of sp³-hybridized carbons (Fsp3) is 0.231. The monoisotopic (exact) mass is 392 g/mol. The van der Waals surface area contributed by atoms with Gasteiger partial charge in [-0.15, -0.1) is 4.98 Å². The lowest BCUT2D eigenvalue weighted by Crippen LogP contribution is -2.17. The van der Waals surface area contributed by atoms with E-state index in [1.807, 2.05) is 4.72 Å². The summed E-state index contributed by atoms with van der Waals surface area (Å²) in [6.07, 6.45) is 0. The largest absolute Gasteiger partial charge is 0.467 e. The van der Waals surface area contributed by atoms with Crippen molar-refractivity contribution in [3.63, 3.8) is 0 Å². The van der Waals surface area contributed by atoms with Crippen molar-refractivity contribution < 1.29 is 27.3 Å². The second kappa shape index (κ2) is 8.12. The Labute approximate surface area is 148 Å². The number of hydrogen-bond donors (Lipinski definition) is 1. The highest BCUT2D eigenvalue weighted by atomic mass is 35.5. The van der Waals surface area contributed by atoms with E-state index in [0.29, 0.717) is 0 Å². The van der Waals surface area contributed by atoms with Crippen LogP contribution in [0.5, 0.6) is 12.0 Å². The summed E-state index contributed by atoms with van der Waals surface area (Å²) in [6.45, 7) is 0. The summed E-state index contributed by atoms with van der Waals surface area (Å²) in [6, 6.07) is 3.70. The first-order valence-corrected chi connectivity index (χ1v) is 8.09. The van der Waals surface area contributed by atoms with E-state index < -0.39 is 22.5 Å². The molecule has 8 nitrogen and oxygen atoms in total. The number of carbonyl (C=O) groups is 1. The van der Waals surface area contributed by atoms with E-state index in [4.69, 9.17) is 21.1 Å². The lowest BCUT2D eigenvalue weighted by atomic mass is 10.1. The van der Waals surface area contributed by atoms with E-state index in [9.17, 15) is 17.8 Å². The zero-order valence-corrected chi connectivity index (χ0v) is 14.4. The molecular weight excluding hydrogens is 382 g/mol. The first-order chi connectivity index (χ1) is 11.9. The fourth-order valence-electron chi connectivity index (χ4n) is 1.70. The number of nitrogens with one attached hydrogen (secondary N) is 1. The molecule has 1 unspecified atom stereocenters. The van der Waals surface area contributed by atoms with Crippen LogP contribution < -0.4 is 14.2 Å². The molecule has 0 aliphatic rings. The van der Waals surface area contributed by atoms with Crippen molar-refractivity contribution in [2.75, 3.05) is 18.9 Å². The van der Waals surface area contributed by atoms with E-state index in [0.717, 1.165) is 0 Å². The Morgan fingerprint density at radius 1 is 1.20 bits per heavy atom. The smallest absolute Gasteiger partial charge is 0.330 e. The predicted molar refractivity (Wildman–Crippen MR) is 85.6 cm³/mol. The average Bonchev–Trinajstić information content (AvgIpc) is 2.61. The van der Waals surface area contributed by atoms with Gasteiger partial charge < -0.3 is 9.47 Å². The number of ether oxygens (including phenoxy) is 2. The van der Waals surface area contributed by atoms with Gasteiger partial charge in [-0.25, -0.2) is 4.21 Å². The third-order valence-electron chi connectivity index (χ3n) is 2.79. The number of carbonyl (C=O) groups excluding carboxylic acids is 1. The average molecular weight is 393 g/mol. The summed E-state index contributed by atoms with van der Waals surface area (Å²) in [5.41, 5.74) is -0.386. The lowest BCUT2D eigenvalue weighted by molar-refractivity contribution is 0.102. The molecule has 0 radical (unpaired) electrons. The van der Waals surface area contributed by atoms with E-state index >= 15 is 0 Å². The summed E-state index contributed by atoms with van der Waals surface area (Å²) >= 11 is 5.93. The van der Waals surface area contributed by atoms with Crippen molar-refractivity contribution in [2.45, 2.75) is 5.76 Å². The molecule has 0 fully saturated rings. The fourth-order valence-corrected chi connectivity index (χ4v) is 2.49. The number of nitrogens with zero attached hydrogens (tertiary/aromatic N) is 3. The van der Waals surface area contributed by atoms with Crippen LogP contribution in [0.3, 0.4) is 0 Å². The van der Waals surface area contributed by atoms with Crippen LogP contribution in [0.2, 0.25) is 5.02 Å². The number of hydrogen-bond acceptors (Lipinski definition) is 7. The van der Waals surface area contributed by atoms with Gasteiger partial charge in [0, 0.05) is 0 Å². The molecule has 0 amide bonds. The molecule has 0 aliphatic heterocycles. The molecule has 0 bridgehead atoms. The van der Waals surface area contributed by atoms with Gasteiger partial charge in [0.2, 0.25) is 11.6 Å². The highest BCUT2D eigenvalue weighted by molar-refractivity contribution is 7.86. The molecular formula is C13H11ClF2N4O4S. The lowest BCUT2D eigenvalue weighted by Gasteiger charge is -2.12. The minimum absolute atomic E-state index is 0.0761. The zero-order chi connectivity index (χ0) is 18.6. The molecule has 0 aliphatic carbocycles. The summed E-state index contributed by atoms with van der Waals surface area (Å²) < 4.78 is 48.2. The van der Waals surface area contributed by atoms with E-state index in [1.165, 1.54) is 32.4 Å². The molecule has 2 rings (SSSR count). The Kier molecular flexibility index (Phi) is 6.15. The van der Waals surface area contributed by atoms with E-state index in [-0.39, 0.29) is 34.1 Å². The van der Waals surface area contributed by atoms with Gasteiger partial charge in [0.1, 0.15) is 0 Å². The summed E-state index contributed by atoms with van der Waals surface area (Å²) in [5, 5.41) is -0.0761. The van der Waals surface area contributed by atoms with Gasteiger partial charge >= 0.3 is 17.8 Å². The number of para-hydroxylation sites is 1. The van der Waals surface area contributed by atoms with Crippen LogP contribution in [0, 0.1) is 0 Å². The van der Waals surface area contributed by atoms with Crippen LogP contribution >= 0.6 is 11.6 Å². The van der Waals surface area contributed by atoms with Gasteiger partial charge in [-0.3, -0.25) is 9.52 Å². The Balaban J connectivity index is 2.50. The van der Waals surface area contributed by atoms with Crippen LogP contribution in [0.15, 0.2) is 18.2 Å². The maximum atomic E-state index is 12.7. The Morgan fingerprint density at radius 2 is 1.80 bits per heavy atom. The number of ketones is 1. The topological polar surface area (TPSA) is 103 Å². The maximum Gasteiger partial charge on any atom is 0.330 e. The third-order valence-corrected chi connectivity index (χ3v) is 3.83. The molecule has 25 heavy (non-hydrogen) atoms. The van der Waals surface area contributed by atoms with Gasteiger partial charge in [0.05, 0.1) is 30.5 Å². The van der Waals surface area contributed by atoms with Gasteiger partial charge in [-0.2, -0.15) is 18.7 Å². The molecule has 1 aromatic carbocycles. The molecule has 0 saturated heterocycles. The molecule has 0 saturated carbocycles. The van der Waals surface area contributed by atoms with Gasteiger partial charge in [-0.05, 0) is 12.1 Å². The normalized spacial score (nSPS) is 11.9. The summed E-state index contributed by atoms with van der Waals surface area (Å²) in [5.74, 6) is -4.32. The Bertz CT molecular complexity index is 802. The van der Waals surface area contributed by atoms with Gasteiger partial charge in [0.25, 0.3) is 0 Å². The summed E-state index contributed by atoms with van der Waals surface area (Å²) in [7, 11) is -0.193. The van der Waals surface area contributed by atoms with Crippen LogP contribution in [-0.2, 0) is 11.0 Å². The van der Waals surface area contributed by atoms with Crippen molar-refractivity contribution in [2.24, 2.45) is 0 Å². The van der Waals surface area contributed by atoms with Crippen molar-refractivity contribution in [1.82, 2.24) is 15.0 Å². The van der Waals surface area contributed by atoms with Crippen molar-refractivity contribution in [3.05, 3.63) is 34.6 Å². The molecule has 1 atom stereocenters. The minimum atomic E-state index is -3.17. The molecule has 1 aromatic heterocycles. The molecule has 134 valence electrons. The number of aromatic nitrogens is 3. The first kappa shape index (κ1) is 18.9. The standard InChI is InChI=1S/C13H11ClF2N4O4S/c1-23-12-17-10(18-13(19-12)24-2)9(21)6-4-3-5-7(14)8(6)20-25(22)11(15)16/h3-5,11,20H,1-2H3. The molecule has 0 spiro atoms. The molecule has 1 heterocycles. The van der Waals surface area contributed by atoms with Crippen LogP contribution in [0.1, 0.15) is 16.2 Å². The minimum Gasteiger partial charge on any atom is -0.467 e. The Hall–Kier alpha value is -2.40. The van der Waals surface area contributed by atoms with Crippen LogP contribution in [0.25, 0.3) is 0 Å². The summed E-state index contributed by atoms with van der Waals surface area (Å²) in [4.78, 5) is 24.0. The van der Waals surface area contributed by atoms with Crippen molar-refractivity contribution in [3.8, 4) is 12.0 Å². The van der Waals surface area contributed by atoms with Gasteiger partial charge in [-0.1, -0.05) is 17.7 Å². The number of methoxy groups -OCH3 is 2. The highest BCUT2D eigenvalue weighted by Crippen LogP contribution is 2.29. The quantitative estimate of drug-likeness (QED) is 0.719. The van der Waals surface area contributed by atoms with E-state index in [2.05, 4.69) is 15.0 Å². The molecule has 2 aromatic rings. The molecule has 1 N–H and O–H groups in total. The van der Waals surface area contributed by atoms with Crippen LogP contribution in [0.4, 0.5) is 14.5 Å². The highest BCUT2D eigenvalue weighted by Gasteiger charge is 2.23. The number of benzene rings is 1.